The lowest BCUT2D eigenvalue weighted by molar-refractivity contribution is 0.216. The van der Waals surface area contributed by atoms with Gasteiger partial charge in [0.2, 0.25) is 10.0 Å². The first-order chi connectivity index (χ1) is 7.59. The highest BCUT2D eigenvalue weighted by Gasteiger charge is 2.27. The Morgan fingerprint density at radius 1 is 1.44 bits per heavy atom. The summed E-state index contributed by atoms with van der Waals surface area (Å²) in [6.07, 6.45) is 4.52. The zero-order valence-corrected chi connectivity index (χ0v) is 10.6. The molecule has 0 aromatic heterocycles. The van der Waals surface area contributed by atoms with Crippen LogP contribution in [0.5, 0.6) is 0 Å². The smallest absolute Gasteiger partial charge is 0.214 e. The maximum atomic E-state index is 11.7. The lowest BCUT2D eigenvalue weighted by atomic mass is 9.99. The van der Waals surface area contributed by atoms with Crippen LogP contribution in [0, 0.1) is 5.92 Å². The van der Waals surface area contributed by atoms with Gasteiger partial charge in [0.25, 0.3) is 0 Å². The zero-order valence-electron chi connectivity index (χ0n) is 9.81. The lowest BCUT2D eigenvalue weighted by Gasteiger charge is -2.22. The van der Waals surface area contributed by atoms with E-state index in [2.05, 4.69) is 4.72 Å². The normalized spacial score (nSPS) is 20.1. The Morgan fingerprint density at radius 3 is 2.56 bits per heavy atom. The molecule has 1 atom stereocenters. The number of nitrogens with one attached hydrogen (secondary N) is 1. The Morgan fingerprint density at radius 2 is 2.06 bits per heavy atom. The van der Waals surface area contributed by atoms with E-state index in [1.165, 1.54) is 20.0 Å². The molecule has 6 heteroatoms. The van der Waals surface area contributed by atoms with E-state index in [4.69, 9.17) is 10.5 Å². The second-order valence-electron chi connectivity index (χ2n) is 4.32. The van der Waals surface area contributed by atoms with Crippen molar-refractivity contribution < 1.29 is 13.2 Å². The second-order valence-corrected chi connectivity index (χ2v) is 6.19. The fourth-order valence-corrected chi connectivity index (χ4v) is 3.43. The molecule has 1 unspecified atom stereocenters. The van der Waals surface area contributed by atoms with Gasteiger partial charge in [-0.25, -0.2) is 13.1 Å². The van der Waals surface area contributed by atoms with Gasteiger partial charge in [-0.2, -0.15) is 0 Å². The van der Waals surface area contributed by atoms with Crippen LogP contribution >= 0.6 is 0 Å². The maximum Gasteiger partial charge on any atom is 0.214 e. The molecule has 0 aromatic carbocycles. The molecule has 0 bridgehead atoms. The van der Waals surface area contributed by atoms with Crippen molar-refractivity contribution >= 4 is 10.0 Å². The molecule has 16 heavy (non-hydrogen) atoms. The first-order valence-corrected chi connectivity index (χ1v) is 7.43. The summed E-state index contributed by atoms with van der Waals surface area (Å²) in [6, 6.07) is -0.107. The average Bonchev–Trinajstić information content (AvgIpc) is 2.76. The molecule has 3 N–H and O–H groups in total. The third kappa shape index (κ3) is 4.37. The van der Waals surface area contributed by atoms with E-state index in [0.717, 1.165) is 12.8 Å². The predicted octanol–water partition coefficient (Wildman–Crippen LogP) is 0.0697. The van der Waals surface area contributed by atoms with E-state index in [9.17, 15) is 8.42 Å². The minimum Gasteiger partial charge on any atom is -0.384 e. The monoisotopic (exact) mass is 250 g/mol. The molecule has 1 saturated carbocycles. The minimum atomic E-state index is -3.25. The summed E-state index contributed by atoms with van der Waals surface area (Å²) in [5.41, 5.74) is 5.63. The number of hydrogen-bond acceptors (Lipinski definition) is 4. The Balaban J connectivity index is 2.48. The quantitative estimate of drug-likeness (QED) is 0.670. The fraction of sp³-hybridized carbons (Fsp3) is 1.00. The van der Waals surface area contributed by atoms with E-state index in [0.29, 0.717) is 12.5 Å². The van der Waals surface area contributed by atoms with E-state index in [1.54, 1.807) is 0 Å². The molecule has 1 aliphatic rings. The van der Waals surface area contributed by atoms with Crippen molar-refractivity contribution in [2.75, 3.05) is 26.0 Å². The molecule has 0 aliphatic heterocycles. The summed E-state index contributed by atoms with van der Waals surface area (Å²) in [5.74, 6) is 0.412. The van der Waals surface area contributed by atoms with Crippen molar-refractivity contribution in [3.8, 4) is 0 Å². The summed E-state index contributed by atoms with van der Waals surface area (Å²) in [5, 5.41) is 0. The molecular weight excluding hydrogens is 228 g/mol. The number of ether oxygens (including phenoxy) is 1. The van der Waals surface area contributed by atoms with Crippen LogP contribution in [0.4, 0.5) is 0 Å². The van der Waals surface area contributed by atoms with E-state index in [-0.39, 0.29) is 18.4 Å². The van der Waals surface area contributed by atoms with Crippen molar-refractivity contribution in [2.24, 2.45) is 11.7 Å². The van der Waals surface area contributed by atoms with E-state index in [1.807, 2.05) is 0 Å². The molecule has 0 amide bonds. The van der Waals surface area contributed by atoms with Gasteiger partial charge in [0.05, 0.1) is 12.4 Å². The van der Waals surface area contributed by atoms with E-state index < -0.39 is 10.0 Å². The van der Waals surface area contributed by atoms with Crippen LogP contribution in [0.25, 0.3) is 0 Å². The molecule has 1 aliphatic carbocycles. The third-order valence-electron chi connectivity index (χ3n) is 3.11. The topological polar surface area (TPSA) is 81.4 Å². The molecule has 0 spiro atoms. The average molecular weight is 250 g/mol. The molecule has 0 radical (unpaired) electrons. The van der Waals surface area contributed by atoms with Crippen molar-refractivity contribution in [3.05, 3.63) is 0 Å². The number of sulfonamides is 1. The lowest BCUT2D eigenvalue weighted by Crippen LogP contribution is -2.45. The number of methoxy groups -OCH3 is 1. The van der Waals surface area contributed by atoms with Crippen LogP contribution in [0.1, 0.15) is 25.7 Å². The largest absolute Gasteiger partial charge is 0.384 e. The zero-order chi connectivity index (χ0) is 12.0. The van der Waals surface area contributed by atoms with Gasteiger partial charge in [-0.05, 0) is 18.8 Å². The van der Waals surface area contributed by atoms with Gasteiger partial charge in [-0.3, -0.25) is 0 Å². The maximum absolute atomic E-state index is 11.7. The molecular formula is C10H22N2O3S. The standard InChI is InChI=1S/C10H22N2O3S/c1-15-6-7-16(13,14)12-10(8-11)9-4-2-3-5-9/h9-10,12H,2-8,11H2,1H3. The molecule has 0 saturated heterocycles. The van der Waals surface area contributed by atoms with Crippen molar-refractivity contribution in [1.29, 1.82) is 0 Å². The highest BCUT2D eigenvalue weighted by atomic mass is 32.2. The van der Waals surface area contributed by atoms with Crippen LogP contribution < -0.4 is 10.5 Å². The number of nitrogens with two attached hydrogens (primary N) is 1. The van der Waals surface area contributed by atoms with Gasteiger partial charge in [0.15, 0.2) is 0 Å². The van der Waals surface area contributed by atoms with Crippen LogP contribution in [0.15, 0.2) is 0 Å². The summed E-state index contributed by atoms with van der Waals surface area (Å²) < 4.78 is 30.8. The van der Waals surface area contributed by atoms with Crippen molar-refractivity contribution in [1.82, 2.24) is 4.72 Å². The minimum absolute atomic E-state index is 0.00667. The Labute approximate surface area is 97.8 Å². The van der Waals surface area contributed by atoms with E-state index >= 15 is 0 Å². The van der Waals surface area contributed by atoms with Gasteiger partial charge in [0, 0.05) is 19.7 Å². The highest BCUT2D eigenvalue weighted by molar-refractivity contribution is 7.89. The summed E-state index contributed by atoms with van der Waals surface area (Å²) in [7, 11) is -1.75. The van der Waals surface area contributed by atoms with Gasteiger partial charge in [0.1, 0.15) is 0 Å². The molecule has 5 nitrogen and oxygen atoms in total. The molecule has 1 fully saturated rings. The van der Waals surface area contributed by atoms with Crippen LogP contribution in [0.2, 0.25) is 0 Å². The van der Waals surface area contributed by atoms with Crippen LogP contribution in [0.3, 0.4) is 0 Å². The second kappa shape index (κ2) is 6.54. The summed E-state index contributed by atoms with van der Waals surface area (Å²) >= 11 is 0. The Hall–Kier alpha value is -0.170. The van der Waals surface area contributed by atoms with Crippen molar-refractivity contribution in [3.63, 3.8) is 0 Å². The number of hydrogen-bond donors (Lipinski definition) is 2. The number of rotatable bonds is 7. The summed E-state index contributed by atoms with van der Waals surface area (Å²) in [6.45, 7) is 0.591. The SMILES string of the molecule is COCCS(=O)(=O)NC(CN)C1CCCC1. The fourth-order valence-electron chi connectivity index (χ4n) is 2.18. The predicted molar refractivity (Wildman–Crippen MR) is 63.6 cm³/mol. The van der Waals surface area contributed by atoms with Gasteiger partial charge in [-0.15, -0.1) is 0 Å². The van der Waals surface area contributed by atoms with Gasteiger partial charge in [-0.1, -0.05) is 12.8 Å². The summed E-state index contributed by atoms with van der Waals surface area (Å²) in [4.78, 5) is 0. The van der Waals surface area contributed by atoms with Gasteiger partial charge < -0.3 is 10.5 Å². The highest BCUT2D eigenvalue weighted by Crippen LogP contribution is 2.27. The molecule has 0 heterocycles. The Bertz CT molecular complexity index is 286. The van der Waals surface area contributed by atoms with Crippen LogP contribution in [-0.4, -0.2) is 40.5 Å². The third-order valence-corrected chi connectivity index (χ3v) is 4.48. The molecule has 96 valence electrons. The first-order valence-electron chi connectivity index (χ1n) is 5.78. The first kappa shape index (κ1) is 13.9. The molecule has 0 aromatic rings. The van der Waals surface area contributed by atoms with Crippen molar-refractivity contribution in [2.45, 2.75) is 31.7 Å². The Kier molecular flexibility index (Phi) is 5.68. The molecule has 1 rings (SSSR count). The van der Waals surface area contributed by atoms with Crippen LogP contribution in [-0.2, 0) is 14.8 Å². The van der Waals surface area contributed by atoms with Gasteiger partial charge >= 0.3 is 0 Å².